The zero-order valence-electron chi connectivity index (χ0n) is 11.0. The maximum Gasteiger partial charge on any atom is 0.257 e. The van der Waals surface area contributed by atoms with Gasteiger partial charge in [-0.3, -0.25) is 4.79 Å². The first-order valence-electron chi connectivity index (χ1n) is 6.06. The number of anilines is 1. The first-order valence-corrected chi connectivity index (χ1v) is 6.06. The van der Waals surface area contributed by atoms with Crippen molar-refractivity contribution in [1.29, 1.82) is 0 Å². The van der Waals surface area contributed by atoms with E-state index < -0.39 is 0 Å². The van der Waals surface area contributed by atoms with Gasteiger partial charge in [0.15, 0.2) is 6.61 Å². The third-order valence-electron chi connectivity index (χ3n) is 2.63. The van der Waals surface area contributed by atoms with Gasteiger partial charge in [-0.1, -0.05) is 19.1 Å². The number of carbonyl (C=O) groups excluding carboxylic acids is 1. The summed E-state index contributed by atoms with van der Waals surface area (Å²) >= 11 is 0. The first-order chi connectivity index (χ1) is 8.63. The fourth-order valence-corrected chi connectivity index (χ4v) is 1.35. The van der Waals surface area contributed by atoms with E-state index in [0.717, 1.165) is 13.1 Å². The number of hydrogen-bond acceptors (Lipinski definition) is 4. The zero-order valence-corrected chi connectivity index (χ0v) is 11.0. The van der Waals surface area contributed by atoms with Crippen molar-refractivity contribution in [3.05, 3.63) is 24.3 Å². The molecule has 0 aliphatic rings. The Balaban J connectivity index is 2.23. The number of rotatable bonds is 7. The Morgan fingerprint density at radius 1 is 1.44 bits per heavy atom. The molecule has 0 bridgehead atoms. The number of nitrogens with zero attached hydrogens (tertiary/aromatic N) is 1. The Morgan fingerprint density at radius 3 is 2.83 bits per heavy atom. The van der Waals surface area contributed by atoms with E-state index in [1.165, 1.54) is 0 Å². The number of nitrogens with two attached hydrogens (primary N) is 1. The molecule has 3 N–H and O–H groups in total. The molecular weight excluding hydrogens is 230 g/mol. The Hall–Kier alpha value is -1.75. The molecule has 1 aromatic carbocycles. The number of carbonyl (C=O) groups is 1. The summed E-state index contributed by atoms with van der Waals surface area (Å²) in [5.41, 5.74) is 6.24. The number of benzene rings is 1. The summed E-state index contributed by atoms with van der Waals surface area (Å²) < 4.78 is 5.33. The average Bonchev–Trinajstić information content (AvgIpc) is 2.37. The summed E-state index contributed by atoms with van der Waals surface area (Å²) in [6, 6.07) is 7.12. The van der Waals surface area contributed by atoms with Crippen LogP contribution in [0.1, 0.15) is 6.92 Å². The number of nitrogens with one attached hydrogen (secondary N) is 1. The summed E-state index contributed by atoms with van der Waals surface area (Å²) in [5.74, 6) is 0.404. The lowest BCUT2D eigenvalue weighted by Gasteiger charge is -2.14. The molecule has 1 rings (SSSR count). The lowest BCUT2D eigenvalue weighted by atomic mass is 10.3. The number of ether oxygens (including phenoxy) is 1. The summed E-state index contributed by atoms with van der Waals surface area (Å²) in [4.78, 5) is 13.6. The summed E-state index contributed by atoms with van der Waals surface area (Å²) in [6.07, 6.45) is 0. The third-order valence-corrected chi connectivity index (χ3v) is 2.63. The molecule has 0 radical (unpaired) electrons. The van der Waals surface area contributed by atoms with Gasteiger partial charge in [-0.25, -0.2) is 0 Å². The van der Waals surface area contributed by atoms with E-state index >= 15 is 0 Å². The smallest absolute Gasteiger partial charge is 0.257 e. The molecule has 0 heterocycles. The number of nitrogen functional groups attached to an aromatic ring is 1. The molecule has 5 heteroatoms. The summed E-state index contributed by atoms with van der Waals surface area (Å²) in [6.45, 7) is 4.48. The number of likely N-dealkylation sites (N-methyl/N-ethyl adjacent to an activating group) is 1. The van der Waals surface area contributed by atoms with Crippen LogP contribution in [-0.2, 0) is 4.79 Å². The van der Waals surface area contributed by atoms with Crippen molar-refractivity contribution in [2.75, 3.05) is 39.0 Å². The molecule has 0 aromatic heterocycles. The van der Waals surface area contributed by atoms with Crippen LogP contribution in [0.4, 0.5) is 5.69 Å². The number of amides is 1. The van der Waals surface area contributed by atoms with Gasteiger partial charge < -0.3 is 20.7 Å². The van der Waals surface area contributed by atoms with Crippen molar-refractivity contribution in [2.45, 2.75) is 6.92 Å². The van der Waals surface area contributed by atoms with Gasteiger partial charge in [0.05, 0.1) is 5.69 Å². The largest absolute Gasteiger partial charge is 0.482 e. The van der Waals surface area contributed by atoms with Gasteiger partial charge >= 0.3 is 0 Å². The fourth-order valence-electron chi connectivity index (χ4n) is 1.35. The van der Waals surface area contributed by atoms with Gasteiger partial charge in [0.25, 0.3) is 5.91 Å². The van der Waals surface area contributed by atoms with Crippen LogP contribution in [0.3, 0.4) is 0 Å². The Kier molecular flexibility index (Phi) is 6.00. The highest BCUT2D eigenvalue weighted by Crippen LogP contribution is 2.19. The minimum atomic E-state index is -0.136. The minimum absolute atomic E-state index is 0.00987. The topological polar surface area (TPSA) is 67.6 Å². The second kappa shape index (κ2) is 7.55. The SMILES string of the molecule is CCN(C)CCNC(=O)COc1ccccc1N. The van der Waals surface area contributed by atoms with Crippen molar-refractivity contribution in [3.8, 4) is 5.75 Å². The summed E-state index contributed by atoms with van der Waals surface area (Å²) in [7, 11) is 2.01. The molecular formula is C13H21N3O2. The maximum atomic E-state index is 11.5. The van der Waals surface area contributed by atoms with Crippen LogP contribution in [-0.4, -0.2) is 44.1 Å². The number of hydrogen-bond donors (Lipinski definition) is 2. The molecule has 0 aliphatic carbocycles. The van der Waals surface area contributed by atoms with Crippen LogP contribution in [0.15, 0.2) is 24.3 Å². The lowest BCUT2D eigenvalue weighted by Crippen LogP contribution is -2.35. The highest BCUT2D eigenvalue weighted by atomic mass is 16.5. The van der Waals surface area contributed by atoms with Crippen molar-refractivity contribution in [2.24, 2.45) is 0 Å². The first kappa shape index (κ1) is 14.3. The van der Waals surface area contributed by atoms with Crippen molar-refractivity contribution in [3.63, 3.8) is 0 Å². The minimum Gasteiger partial charge on any atom is -0.482 e. The van der Waals surface area contributed by atoms with Gasteiger partial charge in [-0.05, 0) is 25.7 Å². The van der Waals surface area contributed by atoms with Gasteiger partial charge in [0.1, 0.15) is 5.75 Å². The normalized spacial score (nSPS) is 10.4. The van der Waals surface area contributed by atoms with E-state index in [0.29, 0.717) is 18.0 Å². The van der Waals surface area contributed by atoms with E-state index in [-0.39, 0.29) is 12.5 Å². The van der Waals surface area contributed by atoms with E-state index in [1.54, 1.807) is 12.1 Å². The highest BCUT2D eigenvalue weighted by molar-refractivity contribution is 5.77. The number of para-hydroxylation sites is 2. The van der Waals surface area contributed by atoms with Crippen LogP contribution in [0.2, 0.25) is 0 Å². The quantitative estimate of drug-likeness (QED) is 0.701. The molecule has 18 heavy (non-hydrogen) atoms. The van der Waals surface area contributed by atoms with E-state index in [9.17, 15) is 4.79 Å². The van der Waals surface area contributed by atoms with E-state index in [1.807, 2.05) is 19.2 Å². The van der Waals surface area contributed by atoms with Crippen LogP contribution < -0.4 is 15.8 Å². The Labute approximate surface area is 108 Å². The molecule has 1 amide bonds. The second-order valence-electron chi connectivity index (χ2n) is 4.07. The van der Waals surface area contributed by atoms with Crippen LogP contribution >= 0.6 is 0 Å². The van der Waals surface area contributed by atoms with Crippen LogP contribution in [0, 0.1) is 0 Å². The Bertz CT molecular complexity index is 382. The van der Waals surface area contributed by atoms with E-state index in [4.69, 9.17) is 10.5 Å². The molecule has 0 saturated heterocycles. The highest BCUT2D eigenvalue weighted by Gasteiger charge is 2.04. The van der Waals surface area contributed by atoms with Crippen molar-refractivity contribution < 1.29 is 9.53 Å². The second-order valence-corrected chi connectivity index (χ2v) is 4.07. The summed E-state index contributed by atoms with van der Waals surface area (Å²) in [5, 5.41) is 2.79. The maximum absolute atomic E-state index is 11.5. The molecule has 0 atom stereocenters. The molecule has 5 nitrogen and oxygen atoms in total. The lowest BCUT2D eigenvalue weighted by molar-refractivity contribution is -0.123. The van der Waals surface area contributed by atoms with Gasteiger partial charge in [0, 0.05) is 13.1 Å². The van der Waals surface area contributed by atoms with Gasteiger partial charge in [-0.2, -0.15) is 0 Å². The molecule has 1 aromatic rings. The third kappa shape index (κ3) is 5.05. The molecule has 0 aliphatic heterocycles. The molecule has 0 fully saturated rings. The molecule has 0 saturated carbocycles. The fraction of sp³-hybridized carbons (Fsp3) is 0.462. The predicted octanol–water partition coefficient (Wildman–Crippen LogP) is 0.716. The molecule has 0 spiro atoms. The van der Waals surface area contributed by atoms with Gasteiger partial charge in [-0.15, -0.1) is 0 Å². The van der Waals surface area contributed by atoms with Crippen LogP contribution in [0.5, 0.6) is 5.75 Å². The molecule has 0 unspecified atom stereocenters. The van der Waals surface area contributed by atoms with Crippen LogP contribution in [0.25, 0.3) is 0 Å². The van der Waals surface area contributed by atoms with Crippen molar-refractivity contribution in [1.82, 2.24) is 10.2 Å². The van der Waals surface area contributed by atoms with Crippen molar-refractivity contribution >= 4 is 11.6 Å². The average molecular weight is 251 g/mol. The zero-order chi connectivity index (χ0) is 13.4. The molecule has 100 valence electrons. The predicted molar refractivity (Wildman–Crippen MR) is 72.5 cm³/mol. The Morgan fingerprint density at radius 2 is 2.17 bits per heavy atom. The monoisotopic (exact) mass is 251 g/mol. The van der Waals surface area contributed by atoms with Gasteiger partial charge in [0.2, 0.25) is 0 Å². The van der Waals surface area contributed by atoms with E-state index in [2.05, 4.69) is 17.1 Å². The standard InChI is InChI=1S/C13H21N3O2/c1-3-16(2)9-8-15-13(17)10-18-12-7-5-4-6-11(12)14/h4-7H,3,8-10,14H2,1-2H3,(H,15,17).